The van der Waals surface area contributed by atoms with Crippen LogP contribution in [0.5, 0.6) is 0 Å². The molecule has 1 amide bonds. The Labute approximate surface area is 191 Å². The highest BCUT2D eigenvalue weighted by Crippen LogP contribution is 2.29. The van der Waals surface area contributed by atoms with E-state index in [2.05, 4.69) is 25.7 Å². The van der Waals surface area contributed by atoms with Crippen LogP contribution in [0.25, 0.3) is 11.1 Å². The molecule has 10 heteroatoms. The summed E-state index contributed by atoms with van der Waals surface area (Å²) in [5.74, 6) is 1.16. The number of nitrogens with zero attached hydrogens (tertiary/aromatic N) is 5. The van der Waals surface area contributed by atoms with Gasteiger partial charge in [0.25, 0.3) is 5.91 Å². The maximum absolute atomic E-state index is 13.0. The molecule has 0 unspecified atom stereocenters. The standard InChI is InChI=1S/C23H27N7O3/c1-16-3-2-4-17(13-16)15-25-28-23-26-20(29-9-11-32-12-10-29)18-14-19(33-21(18)27-23)22(31)30-7-5-24-6-8-30/h2-4,13-15,24H,5-12H2,1H3,(H,26,27,28)/b25-15+. The van der Waals surface area contributed by atoms with E-state index in [0.29, 0.717) is 62.3 Å². The fraction of sp³-hybridized carbons (Fsp3) is 0.391. The van der Waals surface area contributed by atoms with Gasteiger partial charge in [-0.1, -0.05) is 29.8 Å². The van der Waals surface area contributed by atoms with Crippen molar-refractivity contribution in [1.82, 2.24) is 20.2 Å². The number of ether oxygens (including phenoxy) is 1. The first-order valence-corrected chi connectivity index (χ1v) is 11.2. The van der Waals surface area contributed by atoms with Crippen molar-refractivity contribution < 1.29 is 13.9 Å². The highest BCUT2D eigenvalue weighted by atomic mass is 16.5. The fourth-order valence-electron chi connectivity index (χ4n) is 4.02. The van der Waals surface area contributed by atoms with Crippen molar-refractivity contribution in [3.63, 3.8) is 0 Å². The summed E-state index contributed by atoms with van der Waals surface area (Å²) in [6, 6.07) is 9.78. The Kier molecular flexibility index (Phi) is 6.18. The van der Waals surface area contributed by atoms with E-state index in [4.69, 9.17) is 14.1 Å². The predicted molar refractivity (Wildman–Crippen MR) is 126 cm³/mol. The van der Waals surface area contributed by atoms with Gasteiger partial charge in [-0.25, -0.2) is 5.43 Å². The Bertz CT molecular complexity index is 1160. The molecule has 0 radical (unpaired) electrons. The molecule has 0 bridgehead atoms. The van der Waals surface area contributed by atoms with E-state index < -0.39 is 0 Å². The van der Waals surface area contributed by atoms with Crippen molar-refractivity contribution in [1.29, 1.82) is 0 Å². The first-order chi connectivity index (χ1) is 16.2. The van der Waals surface area contributed by atoms with E-state index in [9.17, 15) is 4.79 Å². The number of aryl methyl sites for hydroxylation is 1. The molecule has 2 saturated heterocycles. The van der Waals surface area contributed by atoms with E-state index in [-0.39, 0.29) is 11.7 Å². The summed E-state index contributed by atoms with van der Waals surface area (Å²) in [6.07, 6.45) is 1.72. The highest BCUT2D eigenvalue weighted by molar-refractivity contribution is 5.98. The average molecular weight is 450 g/mol. The number of fused-ring (bicyclic) bond motifs is 1. The molecule has 0 spiro atoms. The molecule has 2 fully saturated rings. The molecule has 172 valence electrons. The number of carbonyl (C=O) groups is 1. The number of benzene rings is 1. The lowest BCUT2D eigenvalue weighted by Crippen LogP contribution is -2.46. The third kappa shape index (κ3) is 4.81. The van der Waals surface area contributed by atoms with Crippen LogP contribution in [0.3, 0.4) is 0 Å². The maximum Gasteiger partial charge on any atom is 0.289 e. The Hall–Kier alpha value is -3.50. The van der Waals surface area contributed by atoms with Crippen LogP contribution in [-0.2, 0) is 4.74 Å². The van der Waals surface area contributed by atoms with E-state index in [1.807, 2.05) is 31.2 Å². The third-order valence-electron chi connectivity index (χ3n) is 5.72. The molecule has 1 aromatic carbocycles. The number of morpholine rings is 1. The smallest absolute Gasteiger partial charge is 0.289 e. The van der Waals surface area contributed by atoms with Gasteiger partial charge in [0.2, 0.25) is 11.7 Å². The maximum atomic E-state index is 13.0. The normalized spacial score (nSPS) is 17.1. The quantitative estimate of drug-likeness (QED) is 0.449. The molecule has 0 saturated carbocycles. The summed E-state index contributed by atoms with van der Waals surface area (Å²) in [5.41, 5.74) is 5.40. The number of hydrazone groups is 1. The van der Waals surface area contributed by atoms with Gasteiger partial charge in [0.15, 0.2) is 5.76 Å². The van der Waals surface area contributed by atoms with Gasteiger partial charge in [-0.2, -0.15) is 15.1 Å². The molecule has 2 aliphatic rings. The molecule has 33 heavy (non-hydrogen) atoms. The van der Waals surface area contributed by atoms with Gasteiger partial charge in [-0.15, -0.1) is 0 Å². The number of piperazine rings is 1. The number of aromatic nitrogens is 2. The van der Waals surface area contributed by atoms with E-state index in [0.717, 1.165) is 24.2 Å². The lowest BCUT2D eigenvalue weighted by molar-refractivity contribution is 0.0705. The molecule has 0 atom stereocenters. The topological polar surface area (TPSA) is 108 Å². The van der Waals surface area contributed by atoms with Crippen molar-refractivity contribution >= 4 is 35.0 Å². The number of hydrogen-bond acceptors (Lipinski definition) is 9. The second-order valence-electron chi connectivity index (χ2n) is 8.13. The zero-order valence-corrected chi connectivity index (χ0v) is 18.6. The minimum Gasteiger partial charge on any atom is -0.432 e. The van der Waals surface area contributed by atoms with Crippen molar-refractivity contribution in [2.24, 2.45) is 5.10 Å². The highest BCUT2D eigenvalue weighted by Gasteiger charge is 2.25. The monoisotopic (exact) mass is 449 g/mol. The molecule has 2 aromatic heterocycles. The molecule has 2 aliphatic heterocycles. The third-order valence-corrected chi connectivity index (χ3v) is 5.72. The summed E-state index contributed by atoms with van der Waals surface area (Å²) < 4.78 is 11.4. The first-order valence-electron chi connectivity index (χ1n) is 11.2. The van der Waals surface area contributed by atoms with Crippen molar-refractivity contribution in [3.8, 4) is 0 Å². The number of hydrogen-bond donors (Lipinski definition) is 2. The lowest BCUT2D eigenvalue weighted by atomic mass is 10.2. The number of furan rings is 1. The number of carbonyl (C=O) groups excluding carboxylic acids is 1. The summed E-state index contributed by atoms with van der Waals surface area (Å²) in [6.45, 7) is 7.52. The first kappa shape index (κ1) is 21.4. The molecule has 2 N–H and O–H groups in total. The lowest BCUT2D eigenvalue weighted by Gasteiger charge is -2.28. The van der Waals surface area contributed by atoms with Crippen LogP contribution < -0.4 is 15.6 Å². The number of rotatable bonds is 5. The van der Waals surface area contributed by atoms with Crippen LogP contribution >= 0.6 is 0 Å². The van der Waals surface area contributed by atoms with Gasteiger partial charge in [0, 0.05) is 45.3 Å². The number of amides is 1. The van der Waals surface area contributed by atoms with Gasteiger partial charge < -0.3 is 24.3 Å². The zero-order chi connectivity index (χ0) is 22.6. The van der Waals surface area contributed by atoms with Crippen molar-refractivity contribution in [2.75, 3.05) is 62.8 Å². The van der Waals surface area contributed by atoms with E-state index in [1.54, 1.807) is 17.2 Å². The van der Waals surface area contributed by atoms with Crippen LogP contribution in [0.2, 0.25) is 0 Å². The van der Waals surface area contributed by atoms with Gasteiger partial charge in [0.1, 0.15) is 5.82 Å². The fourth-order valence-corrected chi connectivity index (χ4v) is 4.02. The van der Waals surface area contributed by atoms with Crippen LogP contribution in [0, 0.1) is 6.92 Å². The second-order valence-corrected chi connectivity index (χ2v) is 8.13. The molecule has 5 rings (SSSR count). The van der Waals surface area contributed by atoms with E-state index in [1.165, 1.54) is 0 Å². The minimum atomic E-state index is -0.130. The van der Waals surface area contributed by atoms with Crippen LogP contribution in [0.4, 0.5) is 11.8 Å². The molecule has 0 aliphatic carbocycles. The average Bonchev–Trinajstić information content (AvgIpc) is 3.28. The van der Waals surface area contributed by atoms with Gasteiger partial charge >= 0.3 is 0 Å². The summed E-state index contributed by atoms with van der Waals surface area (Å²) in [7, 11) is 0. The number of nitrogens with one attached hydrogen (secondary N) is 2. The second kappa shape index (κ2) is 9.55. The van der Waals surface area contributed by atoms with Gasteiger partial charge in [-0.05, 0) is 12.5 Å². The SMILES string of the molecule is Cc1cccc(/C=N/Nc2nc(N3CCOCC3)c3cc(C(=O)N4CCNCC4)oc3n2)c1. The van der Waals surface area contributed by atoms with Crippen molar-refractivity contribution in [3.05, 3.63) is 47.2 Å². The van der Waals surface area contributed by atoms with Gasteiger partial charge in [-0.3, -0.25) is 4.79 Å². The minimum absolute atomic E-state index is 0.130. The Morgan fingerprint density at radius 2 is 1.97 bits per heavy atom. The molecule has 3 aromatic rings. The van der Waals surface area contributed by atoms with Crippen LogP contribution in [0.1, 0.15) is 21.7 Å². The Morgan fingerprint density at radius 1 is 1.15 bits per heavy atom. The largest absolute Gasteiger partial charge is 0.432 e. The predicted octanol–water partition coefficient (Wildman–Crippen LogP) is 1.86. The van der Waals surface area contributed by atoms with Crippen LogP contribution in [0.15, 0.2) is 39.9 Å². The molecular weight excluding hydrogens is 422 g/mol. The molecule has 10 nitrogen and oxygen atoms in total. The molecular formula is C23H27N7O3. The van der Waals surface area contributed by atoms with Gasteiger partial charge in [0.05, 0.1) is 24.8 Å². The zero-order valence-electron chi connectivity index (χ0n) is 18.6. The summed E-state index contributed by atoms with van der Waals surface area (Å²) in [5, 5.41) is 8.26. The van der Waals surface area contributed by atoms with Crippen LogP contribution in [-0.4, -0.2) is 79.5 Å². The number of anilines is 2. The summed E-state index contributed by atoms with van der Waals surface area (Å²) >= 11 is 0. The molecule has 4 heterocycles. The van der Waals surface area contributed by atoms with Crippen molar-refractivity contribution in [2.45, 2.75) is 6.92 Å². The Balaban J connectivity index is 1.45. The Morgan fingerprint density at radius 3 is 2.76 bits per heavy atom. The summed E-state index contributed by atoms with van der Waals surface area (Å²) in [4.78, 5) is 26.1. The van der Waals surface area contributed by atoms with E-state index >= 15 is 0 Å².